The van der Waals surface area contributed by atoms with Crippen LogP contribution in [0.3, 0.4) is 0 Å². The molecule has 1 atom stereocenters. The van der Waals surface area contributed by atoms with Gasteiger partial charge in [-0.2, -0.15) is 5.10 Å². The molecule has 0 aromatic heterocycles. The number of primary amides is 1. The molecule has 0 aliphatic carbocycles. The Morgan fingerprint density at radius 2 is 1.73 bits per heavy atom. The van der Waals surface area contributed by atoms with Gasteiger partial charge in [-0.1, -0.05) is 24.3 Å². The molecule has 1 heterocycles. The molecule has 9 heteroatoms. The number of aromatic hydroxyl groups is 1. The van der Waals surface area contributed by atoms with E-state index in [0.717, 1.165) is 0 Å². The van der Waals surface area contributed by atoms with E-state index in [1.165, 1.54) is 17.1 Å². The maximum Gasteiger partial charge on any atom is 0.267 e. The molecule has 3 rings (SSSR count). The van der Waals surface area contributed by atoms with E-state index in [2.05, 4.69) is 15.7 Å². The van der Waals surface area contributed by atoms with Gasteiger partial charge in [0.2, 0.25) is 5.91 Å². The van der Waals surface area contributed by atoms with E-state index in [1.54, 1.807) is 24.3 Å². The predicted molar refractivity (Wildman–Crippen MR) is 112 cm³/mol. The van der Waals surface area contributed by atoms with Crippen molar-refractivity contribution in [2.45, 2.75) is 18.9 Å². The maximum absolute atomic E-state index is 12.4. The molecular formula is C21H23N5O4. The summed E-state index contributed by atoms with van der Waals surface area (Å²) in [6.07, 6.45) is 0.634. The van der Waals surface area contributed by atoms with E-state index in [-0.39, 0.29) is 29.7 Å². The van der Waals surface area contributed by atoms with Crippen molar-refractivity contribution in [2.75, 3.05) is 18.1 Å². The first kappa shape index (κ1) is 20.8. The highest BCUT2D eigenvalue weighted by Gasteiger charge is 2.34. The molecule has 0 bridgehead atoms. The van der Waals surface area contributed by atoms with Gasteiger partial charge in [0.05, 0.1) is 5.69 Å². The number of anilines is 1. The van der Waals surface area contributed by atoms with E-state index in [4.69, 9.17) is 5.73 Å². The molecule has 0 saturated carbocycles. The van der Waals surface area contributed by atoms with E-state index in [0.29, 0.717) is 30.8 Å². The number of carbonyl (C=O) groups excluding carboxylic acids is 3. The molecule has 3 amide bonds. The Kier molecular flexibility index (Phi) is 6.63. The number of hydrogen-bond acceptors (Lipinski definition) is 6. The molecule has 1 aliphatic heterocycles. The number of carbonyl (C=O) groups is 3. The Bertz CT molecular complexity index is 961. The summed E-state index contributed by atoms with van der Waals surface area (Å²) in [6.45, 7) is 0.673. The molecule has 0 radical (unpaired) electrons. The zero-order chi connectivity index (χ0) is 21.5. The van der Waals surface area contributed by atoms with Gasteiger partial charge in [0, 0.05) is 25.1 Å². The Morgan fingerprint density at radius 1 is 1.03 bits per heavy atom. The fraction of sp³-hybridized carbons (Fsp3) is 0.238. The quantitative estimate of drug-likeness (QED) is 0.477. The van der Waals surface area contributed by atoms with Gasteiger partial charge in [-0.3, -0.25) is 19.4 Å². The van der Waals surface area contributed by atoms with Crippen LogP contribution < -0.4 is 21.4 Å². The lowest BCUT2D eigenvalue weighted by molar-refractivity contribution is -0.119. The Labute approximate surface area is 173 Å². The second kappa shape index (κ2) is 9.55. The summed E-state index contributed by atoms with van der Waals surface area (Å²) in [6, 6.07) is 14.4. The molecule has 2 aromatic rings. The van der Waals surface area contributed by atoms with E-state index in [1.807, 2.05) is 18.2 Å². The lowest BCUT2D eigenvalue weighted by atomic mass is 10.1. The molecule has 5 N–H and O–H groups in total. The summed E-state index contributed by atoms with van der Waals surface area (Å²) in [4.78, 5) is 36.2. The van der Waals surface area contributed by atoms with Gasteiger partial charge in [0.15, 0.2) is 0 Å². The van der Waals surface area contributed by atoms with Crippen molar-refractivity contribution in [3.05, 3.63) is 60.2 Å². The van der Waals surface area contributed by atoms with Crippen molar-refractivity contribution < 1.29 is 19.5 Å². The van der Waals surface area contributed by atoms with Crippen LogP contribution in [-0.4, -0.2) is 47.7 Å². The van der Waals surface area contributed by atoms with Crippen LogP contribution in [0.15, 0.2) is 59.7 Å². The normalized spacial score (nSPS) is 15.4. The molecule has 0 saturated heterocycles. The van der Waals surface area contributed by atoms with Crippen LogP contribution in [0.1, 0.15) is 23.2 Å². The number of phenolic OH excluding ortho intramolecular Hbond substituents is 1. The largest absolute Gasteiger partial charge is 0.508 e. The number of nitrogens with two attached hydrogens (primary N) is 1. The van der Waals surface area contributed by atoms with Gasteiger partial charge < -0.3 is 21.5 Å². The van der Waals surface area contributed by atoms with E-state index in [9.17, 15) is 19.5 Å². The zero-order valence-electron chi connectivity index (χ0n) is 16.2. The molecule has 9 nitrogen and oxygen atoms in total. The molecule has 156 valence electrons. The number of rotatable bonds is 8. The number of nitrogens with zero attached hydrogens (tertiary/aromatic N) is 2. The number of benzene rings is 2. The van der Waals surface area contributed by atoms with Crippen LogP contribution in [0.5, 0.6) is 5.75 Å². The van der Waals surface area contributed by atoms with E-state index < -0.39 is 11.9 Å². The summed E-state index contributed by atoms with van der Waals surface area (Å²) in [5, 5.41) is 20.6. The minimum Gasteiger partial charge on any atom is -0.508 e. The monoisotopic (exact) mass is 409 g/mol. The van der Waals surface area contributed by atoms with Crippen molar-refractivity contribution in [1.82, 2.24) is 10.6 Å². The van der Waals surface area contributed by atoms with Crippen molar-refractivity contribution in [3.8, 4) is 5.75 Å². The van der Waals surface area contributed by atoms with Crippen LogP contribution in [0.25, 0.3) is 0 Å². The number of amides is 3. The lowest BCUT2D eigenvalue weighted by Crippen LogP contribution is -2.40. The van der Waals surface area contributed by atoms with Crippen molar-refractivity contribution in [3.63, 3.8) is 0 Å². The molecule has 1 unspecified atom stereocenters. The first-order valence-corrected chi connectivity index (χ1v) is 9.52. The Morgan fingerprint density at radius 3 is 2.40 bits per heavy atom. The highest BCUT2D eigenvalue weighted by Crippen LogP contribution is 2.24. The second-order valence-corrected chi connectivity index (χ2v) is 6.76. The molecular weight excluding hydrogens is 386 g/mol. The lowest BCUT2D eigenvalue weighted by Gasteiger charge is -2.20. The summed E-state index contributed by atoms with van der Waals surface area (Å²) in [7, 11) is 0. The van der Waals surface area contributed by atoms with Gasteiger partial charge in [-0.25, -0.2) is 0 Å². The van der Waals surface area contributed by atoms with Crippen LogP contribution in [0.2, 0.25) is 0 Å². The summed E-state index contributed by atoms with van der Waals surface area (Å²) >= 11 is 0. The number of nitrogens with one attached hydrogen (secondary N) is 2. The standard InChI is InChI=1S/C21H23N5O4/c22-19(28)18-13-17(25-26(18)15-7-2-1-3-8-15)21(30)24-11-5-10-23-20(29)14-6-4-9-16(27)12-14/h1-4,6-9,12,18,27H,5,10-11,13H2,(H2,22,28)(H,23,29)(H,24,30). The zero-order valence-corrected chi connectivity index (χ0v) is 16.2. The number of phenols is 1. The van der Waals surface area contributed by atoms with E-state index >= 15 is 0 Å². The summed E-state index contributed by atoms with van der Waals surface area (Å²) < 4.78 is 0. The second-order valence-electron chi connectivity index (χ2n) is 6.76. The minimum absolute atomic E-state index is 0.0195. The SMILES string of the molecule is NC(=O)C1CC(C(=O)NCCCNC(=O)c2cccc(O)c2)=NN1c1ccccc1. The van der Waals surface area contributed by atoms with Gasteiger partial charge in [0.1, 0.15) is 17.5 Å². The Balaban J connectivity index is 1.47. The smallest absolute Gasteiger partial charge is 0.267 e. The average molecular weight is 409 g/mol. The van der Waals surface area contributed by atoms with Crippen molar-refractivity contribution in [2.24, 2.45) is 10.8 Å². The van der Waals surface area contributed by atoms with Crippen molar-refractivity contribution in [1.29, 1.82) is 0 Å². The summed E-state index contributed by atoms with van der Waals surface area (Å²) in [5.74, 6) is -1.22. The number of hydrazone groups is 1. The average Bonchev–Trinajstić information content (AvgIpc) is 3.20. The third-order valence-corrected chi connectivity index (χ3v) is 4.55. The topological polar surface area (TPSA) is 137 Å². The minimum atomic E-state index is -0.713. The van der Waals surface area contributed by atoms with Crippen LogP contribution in [0, 0.1) is 0 Å². The fourth-order valence-corrected chi connectivity index (χ4v) is 3.03. The Hall–Kier alpha value is -3.88. The first-order chi connectivity index (χ1) is 14.5. The predicted octanol–water partition coefficient (Wildman–Crippen LogP) is 0.749. The van der Waals surface area contributed by atoms with Crippen LogP contribution >= 0.6 is 0 Å². The molecule has 1 aliphatic rings. The highest BCUT2D eigenvalue weighted by atomic mass is 16.3. The van der Waals surface area contributed by atoms with Crippen molar-refractivity contribution >= 4 is 29.1 Å². The van der Waals surface area contributed by atoms with Gasteiger partial charge in [0.25, 0.3) is 11.8 Å². The van der Waals surface area contributed by atoms with Gasteiger partial charge in [-0.15, -0.1) is 0 Å². The fourth-order valence-electron chi connectivity index (χ4n) is 3.03. The third kappa shape index (κ3) is 5.13. The molecule has 30 heavy (non-hydrogen) atoms. The maximum atomic E-state index is 12.4. The first-order valence-electron chi connectivity index (χ1n) is 9.52. The summed E-state index contributed by atoms with van der Waals surface area (Å²) in [5.41, 5.74) is 6.74. The third-order valence-electron chi connectivity index (χ3n) is 4.55. The van der Waals surface area contributed by atoms with Gasteiger partial charge >= 0.3 is 0 Å². The molecule has 0 spiro atoms. The van der Waals surface area contributed by atoms with Gasteiger partial charge in [-0.05, 0) is 36.8 Å². The number of hydrogen-bond donors (Lipinski definition) is 4. The molecule has 2 aromatic carbocycles. The van der Waals surface area contributed by atoms with Crippen LogP contribution in [-0.2, 0) is 9.59 Å². The highest BCUT2D eigenvalue weighted by molar-refractivity contribution is 6.40. The van der Waals surface area contributed by atoms with Crippen LogP contribution in [0.4, 0.5) is 5.69 Å². The number of para-hydroxylation sites is 1. The molecule has 0 fully saturated rings.